The Kier molecular flexibility index (Phi) is 4.08. The Labute approximate surface area is 85.5 Å². The van der Waals surface area contributed by atoms with Crippen LogP contribution in [0, 0.1) is 5.92 Å². The lowest BCUT2D eigenvalue weighted by Crippen LogP contribution is -2.44. The summed E-state index contributed by atoms with van der Waals surface area (Å²) in [6.45, 7) is 2.11. The number of carbonyl (C=O) groups is 1. The molecule has 1 aliphatic rings. The first kappa shape index (κ1) is 11.7. The molecule has 0 radical (unpaired) electrons. The van der Waals surface area contributed by atoms with Crippen LogP contribution in [0.25, 0.3) is 0 Å². The number of Topliss-reactive ketones (excluding diaryl/α,β-unsaturated/α-hetero) is 1. The molecule has 0 bridgehead atoms. The summed E-state index contributed by atoms with van der Waals surface area (Å²) in [5.41, 5.74) is -0.541. The monoisotopic (exact) mass is 200 g/mol. The van der Waals surface area contributed by atoms with Gasteiger partial charge in [0.15, 0.2) is 5.78 Å². The van der Waals surface area contributed by atoms with E-state index in [9.17, 15) is 4.79 Å². The van der Waals surface area contributed by atoms with Crippen molar-refractivity contribution in [3.8, 4) is 0 Å². The molecule has 0 unspecified atom stereocenters. The first-order valence-electron chi connectivity index (χ1n) is 5.38. The van der Waals surface area contributed by atoms with Gasteiger partial charge in [-0.25, -0.2) is 0 Å². The van der Waals surface area contributed by atoms with Gasteiger partial charge in [-0.2, -0.15) is 0 Å². The fraction of sp³-hybridized carbons (Fsp3) is 0.909. The summed E-state index contributed by atoms with van der Waals surface area (Å²) in [4.78, 5) is 11.7. The van der Waals surface area contributed by atoms with E-state index in [2.05, 4.69) is 0 Å². The summed E-state index contributed by atoms with van der Waals surface area (Å²) in [5.74, 6) is 0.569. The predicted molar refractivity (Wildman–Crippen MR) is 54.1 cm³/mol. The van der Waals surface area contributed by atoms with Gasteiger partial charge < -0.3 is 9.84 Å². The number of methoxy groups -OCH3 is 1. The molecule has 3 heteroatoms. The highest BCUT2D eigenvalue weighted by molar-refractivity contribution is 5.87. The molecular formula is C11H20O3. The predicted octanol–water partition coefficient (Wildman–Crippen LogP) is 1.53. The van der Waals surface area contributed by atoms with E-state index in [1.54, 1.807) is 7.11 Å². The van der Waals surface area contributed by atoms with Crippen LogP contribution < -0.4 is 0 Å². The van der Waals surface area contributed by atoms with Crippen molar-refractivity contribution in [1.82, 2.24) is 0 Å². The van der Waals surface area contributed by atoms with Crippen LogP contribution in [-0.4, -0.2) is 30.2 Å². The number of aliphatic hydroxyl groups excluding tert-OH is 1. The number of hydrogen-bond acceptors (Lipinski definition) is 3. The highest BCUT2D eigenvalue weighted by Crippen LogP contribution is 2.35. The SMILES string of the molecule is CCC(=O)[C@]1(OC)CC[C@H](CO)CC1. The van der Waals surface area contributed by atoms with Crippen molar-refractivity contribution in [1.29, 1.82) is 0 Å². The highest BCUT2D eigenvalue weighted by atomic mass is 16.5. The summed E-state index contributed by atoms with van der Waals surface area (Å²) in [6.07, 6.45) is 3.87. The number of rotatable bonds is 4. The van der Waals surface area contributed by atoms with Gasteiger partial charge in [-0.1, -0.05) is 6.92 Å². The molecule has 0 atom stereocenters. The van der Waals surface area contributed by atoms with Crippen molar-refractivity contribution in [2.75, 3.05) is 13.7 Å². The molecule has 0 aromatic heterocycles. The summed E-state index contributed by atoms with van der Waals surface area (Å²) >= 11 is 0. The Morgan fingerprint density at radius 1 is 1.50 bits per heavy atom. The van der Waals surface area contributed by atoms with Gasteiger partial charge in [-0.3, -0.25) is 4.79 Å². The maximum atomic E-state index is 11.7. The second-order valence-electron chi connectivity index (χ2n) is 4.10. The molecule has 82 valence electrons. The molecule has 14 heavy (non-hydrogen) atoms. The van der Waals surface area contributed by atoms with Crippen LogP contribution in [0.15, 0.2) is 0 Å². The molecule has 0 heterocycles. The lowest BCUT2D eigenvalue weighted by molar-refractivity contribution is -0.146. The van der Waals surface area contributed by atoms with Crippen molar-refractivity contribution in [2.24, 2.45) is 5.92 Å². The Morgan fingerprint density at radius 3 is 2.43 bits per heavy atom. The smallest absolute Gasteiger partial charge is 0.164 e. The molecule has 0 saturated heterocycles. The van der Waals surface area contributed by atoms with Gasteiger partial charge in [-0.15, -0.1) is 0 Å². The van der Waals surface area contributed by atoms with Crippen LogP contribution in [0.4, 0.5) is 0 Å². The normalized spacial score (nSPS) is 32.9. The standard InChI is InChI=1S/C11H20O3/c1-3-10(13)11(14-2)6-4-9(8-12)5-7-11/h9,12H,3-8H2,1-2H3/t9-,11-. The maximum absolute atomic E-state index is 11.7. The molecule has 1 saturated carbocycles. The van der Waals surface area contributed by atoms with Crippen molar-refractivity contribution < 1.29 is 14.6 Å². The average Bonchev–Trinajstić information content (AvgIpc) is 2.28. The molecule has 1 rings (SSSR count). The molecule has 0 spiro atoms. The molecule has 0 aromatic rings. The lowest BCUT2D eigenvalue weighted by atomic mass is 9.76. The van der Waals surface area contributed by atoms with E-state index >= 15 is 0 Å². The third kappa shape index (κ3) is 2.15. The second-order valence-corrected chi connectivity index (χ2v) is 4.10. The largest absolute Gasteiger partial charge is 0.396 e. The minimum Gasteiger partial charge on any atom is -0.396 e. The van der Waals surface area contributed by atoms with Crippen molar-refractivity contribution >= 4 is 5.78 Å². The Balaban J connectivity index is 2.61. The van der Waals surface area contributed by atoms with E-state index in [4.69, 9.17) is 9.84 Å². The number of hydrogen-bond donors (Lipinski definition) is 1. The number of aliphatic hydroxyl groups is 1. The molecular weight excluding hydrogens is 180 g/mol. The van der Waals surface area contributed by atoms with E-state index in [-0.39, 0.29) is 12.4 Å². The average molecular weight is 200 g/mol. The highest BCUT2D eigenvalue weighted by Gasteiger charge is 2.40. The fourth-order valence-electron chi connectivity index (χ4n) is 2.25. The minimum absolute atomic E-state index is 0.205. The quantitative estimate of drug-likeness (QED) is 0.748. The third-order valence-electron chi connectivity index (χ3n) is 3.39. The molecule has 1 N–H and O–H groups in total. The fourth-order valence-corrected chi connectivity index (χ4v) is 2.25. The zero-order chi connectivity index (χ0) is 10.6. The van der Waals surface area contributed by atoms with Crippen molar-refractivity contribution in [3.63, 3.8) is 0 Å². The van der Waals surface area contributed by atoms with Gasteiger partial charge in [-0.05, 0) is 31.6 Å². The number of carbonyl (C=O) groups excluding carboxylic acids is 1. The third-order valence-corrected chi connectivity index (χ3v) is 3.39. The molecule has 1 fully saturated rings. The zero-order valence-electron chi connectivity index (χ0n) is 9.08. The topological polar surface area (TPSA) is 46.5 Å². The van der Waals surface area contributed by atoms with E-state index < -0.39 is 5.60 Å². The van der Waals surface area contributed by atoms with Crippen LogP contribution in [0.3, 0.4) is 0 Å². The number of ketones is 1. The lowest BCUT2D eigenvalue weighted by Gasteiger charge is -2.37. The maximum Gasteiger partial charge on any atom is 0.164 e. The molecule has 0 amide bonds. The van der Waals surface area contributed by atoms with Crippen molar-refractivity contribution in [3.05, 3.63) is 0 Å². The summed E-state index contributed by atoms with van der Waals surface area (Å²) in [6, 6.07) is 0. The van der Waals surface area contributed by atoms with Crippen molar-refractivity contribution in [2.45, 2.75) is 44.6 Å². The van der Waals surface area contributed by atoms with E-state index in [1.165, 1.54) is 0 Å². The van der Waals surface area contributed by atoms with E-state index in [1.807, 2.05) is 6.92 Å². The van der Waals surface area contributed by atoms with Crippen LogP contribution >= 0.6 is 0 Å². The minimum atomic E-state index is -0.541. The Morgan fingerprint density at radius 2 is 2.07 bits per heavy atom. The van der Waals surface area contributed by atoms with Gasteiger partial charge in [0, 0.05) is 20.1 Å². The molecule has 3 nitrogen and oxygen atoms in total. The van der Waals surface area contributed by atoms with Gasteiger partial charge in [0.05, 0.1) is 0 Å². The van der Waals surface area contributed by atoms with Crippen LogP contribution in [-0.2, 0) is 9.53 Å². The summed E-state index contributed by atoms with van der Waals surface area (Å²) in [5, 5.41) is 9.00. The second kappa shape index (κ2) is 4.89. The van der Waals surface area contributed by atoms with Crippen LogP contribution in [0.1, 0.15) is 39.0 Å². The zero-order valence-corrected chi connectivity index (χ0v) is 9.08. The van der Waals surface area contributed by atoms with Gasteiger partial charge in [0.2, 0.25) is 0 Å². The summed E-state index contributed by atoms with van der Waals surface area (Å²) in [7, 11) is 1.62. The Bertz CT molecular complexity index is 193. The van der Waals surface area contributed by atoms with Gasteiger partial charge >= 0.3 is 0 Å². The first-order chi connectivity index (χ1) is 6.68. The van der Waals surface area contributed by atoms with Crippen LogP contribution in [0.5, 0.6) is 0 Å². The molecule has 1 aliphatic carbocycles. The van der Waals surface area contributed by atoms with Crippen LogP contribution in [0.2, 0.25) is 0 Å². The van der Waals surface area contributed by atoms with E-state index in [0.717, 1.165) is 25.7 Å². The van der Waals surface area contributed by atoms with E-state index in [0.29, 0.717) is 12.3 Å². The molecule has 0 aliphatic heterocycles. The van der Waals surface area contributed by atoms with Gasteiger partial charge in [0.25, 0.3) is 0 Å². The number of ether oxygens (including phenoxy) is 1. The Hall–Kier alpha value is -0.410. The first-order valence-corrected chi connectivity index (χ1v) is 5.38. The summed E-state index contributed by atoms with van der Waals surface area (Å²) < 4.78 is 5.39. The molecule has 0 aromatic carbocycles. The van der Waals surface area contributed by atoms with Gasteiger partial charge in [0.1, 0.15) is 5.60 Å².